The Balaban J connectivity index is 1.69. The fourth-order valence-electron chi connectivity index (χ4n) is 2.51. The Morgan fingerprint density at radius 3 is 2.46 bits per heavy atom. The molecule has 1 aliphatic heterocycles. The van der Waals surface area contributed by atoms with Crippen molar-refractivity contribution in [1.82, 2.24) is 10.6 Å². The molecular weight excluding hydrogens is 302 g/mol. The van der Waals surface area contributed by atoms with Gasteiger partial charge in [0.15, 0.2) is 0 Å². The van der Waals surface area contributed by atoms with Crippen LogP contribution in [0.4, 0.5) is 5.69 Å². The highest BCUT2D eigenvalue weighted by Crippen LogP contribution is 2.18. The van der Waals surface area contributed by atoms with Gasteiger partial charge in [-0.2, -0.15) is 0 Å². The molecular formula is C19H21N3O2. The van der Waals surface area contributed by atoms with Crippen LogP contribution in [0.3, 0.4) is 0 Å². The number of anilines is 1. The van der Waals surface area contributed by atoms with Gasteiger partial charge in [0, 0.05) is 42.4 Å². The summed E-state index contributed by atoms with van der Waals surface area (Å²) in [6.07, 6.45) is 0. The summed E-state index contributed by atoms with van der Waals surface area (Å²) in [5.74, 6) is 0.213. The van der Waals surface area contributed by atoms with E-state index in [2.05, 4.69) is 16.0 Å². The van der Waals surface area contributed by atoms with Crippen LogP contribution < -0.4 is 16.0 Å². The van der Waals surface area contributed by atoms with E-state index in [0.29, 0.717) is 29.3 Å². The van der Waals surface area contributed by atoms with E-state index >= 15 is 0 Å². The van der Waals surface area contributed by atoms with Crippen molar-refractivity contribution in [3.63, 3.8) is 0 Å². The predicted molar refractivity (Wildman–Crippen MR) is 94.3 cm³/mol. The van der Waals surface area contributed by atoms with Gasteiger partial charge in [-0.25, -0.2) is 0 Å². The third kappa shape index (κ3) is 3.81. The van der Waals surface area contributed by atoms with Crippen molar-refractivity contribution in [3.8, 4) is 0 Å². The number of carbonyl (C=O) groups excluding carboxylic acids is 2. The van der Waals surface area contributed by atoms with E-state index in [0.717, 1.165) is 18.7 Å². The van der Waals surface area contributed by atoms with Gasteiger partial charge in [-0.15, -0.1) is 0 Å². The molecule has 1 heterocycles. The molecule has 0 radical (unpaired) electrons. The Kier molecular flexibility index (Phi) is 4.91. The standard InChI is InChI=1S/C19H21N3O2/c1-13-7-8-16(18(23)21-12-14-10-20-11-14)9-17(13)22-19(24)15-5-3-2-4-6-15/h2-9,14,20H,10-12H2,1H3,(H,21,23)(H,22,24). The number of benzene rings is 2. The molecule has 0 atom stereocenters. The fraction of sp³-hybridized carbons (Fsp3) is 0.263. The van der Waals surface area contributed by atoms with Crippen LogP contribution in [0.1, 0.15) is 26.3 Å². The first-order valence-corrected chi connectivity index (χ1v) is 8.09. The molecule has 0 unspecified atom stereocenters. The second kappa shape index (κ2) is 7.27. The molecule has 3 rings (SSSR count). The van der Waals surface area contributed by atoms with Crippen LogP contribution in [0.15, 0.2) is 48.5 Å². The topological polar surface area (TPSA) is 70.2 Å². The van der Waals surface area contributed by atoms with Gasteiger partial charge in [-0.3, -0.25) is 9.59 Å². The summed E-state index contributed by atoms with van der Waals surface area (Å²) in [5, 5.41) is 9.00. The number of hydrogen-bond donors (Lipinski definition) is 3. The van der Waals surface area contributed by atoms with Crippen LogP contribution in [0.25, 0.3) is 0 Å². The number of rotatable bonds is 5. The quantitative estimate of drug-likeness (QED) is 0.790. The summed E-state index contributed by atoms with van der Waals surface area (Å²) < 4.78 is 0. The average molecular weight is 323 g/mol. The molecule has 24 heavy (non-hydrogen) atoms. The van der Waals surface area contributed by atoms with Crippen LogP contribution in [0.5, 0.6) is 0 Å². The summed E-state index contributed by atoms with van der Waals surface area (Å²) in [7, 11) is 0. The first-order chi connectivity index (χ1) is 11.6. The minimum atomic E-state index is -0.184. The minimum absolute atomic E-state index is 0.114. The summed E-state index contributed by atoms with van der Waals surface area (Å²) >= 11 is 0. The lowest BCUT2D eigenvalue weighted by molar-refractivity contribution is 0.0941. The zero-order valence-electron chi connectivity index (χ0n) is 13.6. The van der Waals surface area contributed by atoms with E-state index in [9.17, 15) is 9.59 Å². The lowest BCUT2D eigenvalue weighted by Crippen LogP contribution is -2.48. The minimum Gasteiger partial charge on any atom is -0.352 e. The van der Waals surface area contributed by atoms with Crippen molar-refractivity contribution in [3.05, 3.63) is 65.2 Å². The average Bonchev–Trinajstić information content (AvgIpc) is 2.56. The Labute approximate surface area is 141 Å². The highest BCUT2D eigenvalue weighted by molar-refractivity contribution is 6.05. The summed E-state index contributed by atoms with van der Waals surface area (Å²) in [5.41, 5.74) is 2.71. The third-order valence-electron chi connectivity index (χ3n) is 4.20. The SMILES string of the molecule is Cc1ccc(C(=O)NCC2CNC2)cc1NC(=O)c1ccccc1. The van der Waals surface area contributed by atoms with Crippen molar-refractivity contribution in [2.45, 2.75) is 6.92 Å². The Bertz CT molecular complexity index is 740. The summed E-state index contributed by atoms with van der Waals surface area (Å²) in [6, 6.07) is 14.4. The molecule has 2 aromatic carbocycles. The number of nitrogens with one attached hydrogen (secondary N) is 3. The molecule has 0 aliphatic carbocycles. The van der Waals surface area contributed by atoms with Crippen molar-refractivity contribution in [2.75, 3.05) is 25.0 Å². The maximum absolute atomic E-state index is 12.3. The van der Waals surface area contributed by atoms with Gasteiger partial charge in [0.2, 0.25) is 0 Å². The fourth-order valence-corrected chi connectivity index (χ4v) is 2.51. The van der Waals surface area contributed by atoms with Crippen LogP contribution in [-0.2, 0) is 0 Å². The third-order valence-corrected chi connectivity index (χ3v) is 4.20. The van der Waals surface area contributed by atoms with Crippen molar-refractivity contribution in [1.29, 1.82) is 0 Å². The number of aryl methyl sites for hydroxylation is 1. The second-order valence-electron chi connectivity index (χ2n) is 6.08. The van der Waals surface area contributed by atoms with Crippen LogP contribution in [0.2, 0.25) is 0 Å². The molecule has 0 bridgehead atoms. The van der Waals surface area contributed by atoms with E-state index < -0.39 is 0 Å². The molecule has 1 fully saturated rings. The van der Waals surface area contributed by atoms with E-state index in [1.807, 2.05) is 31.2 Å². The molecule has 2 amide bonds. The Morgan fingerprint density at radius 1 is 1.04 bits per heavy atom. The maximum atomic E-state index is 12.3. The largest absolute Gasteiger partial charge is 0.352 e. The van der Waals surface area contributed by atoms with E-state index in [-0.39, 0.29) is 11.8 Å². The molecule has 3 N–H and O–H groups in total. The van der Waals surface area contributed by atoms with E-state index in [4.69, 9.17) is 0 Å². The smallest absolute Gasteiger partial charge is 0.255 e. The maximum Gasteiger partial charge on any atom is 0.255 e. The molecule has 0 saturated carbocycles. The Hall–Kier alpha value is -2.66. The molecule has 0 aromatic heterocycles. The van der Waals surface area contributed by atoms with Crippen LogP contribution in [-0.4, -0.2) is 31.4 Å². The highest BCUT2D eigenvalue weighted by Gasteiger charge is 2.18. The monoisotopic (exact) mass is 323 g/mol. The number of hydrogen-bond acceptors (Lipinski definition) is 3. The van der Waals surface area contributed by atoms with Crippen molar-refractivity contribution in [2.24, 2.45) is 5.92 Å². The van der Waals surface area contributed by atoms with Gasteiger partial charge < -0.3 is 16.0 Å². The Morgan fingerprint density at radius 2 is 1.79 bits per heavy atom. The summed E-state index contributed by atoms with van der Waals surface area (Å²) in [6.45, 7) is 4.48. The summed E-state index contributed by atoms with van der Waals surface area (Å²) in [4.78, 5) is 24.6. The van der Waals surface area contributed by atoms with Gasteiger partial charge in [-0.05, 0) is 36.8 Å². The lowest BCUT2D eigenvalue weighted by Gasteiger charge is -2.27. The van der Waals surface area contributed by atoms with Crippen LogP contribution in [0, 0.1) is 12.8 Å². The van der Waals surface area contributed by atoms with Crippen molar-refractivity contribution >= 4 is 17.5 Å². The zero-order valence-corrected chi connectivity index (χ0v) is 13.6. The molecule has 2 aromatic rings. The van der Waals surface area contributed by atoms with E-state index in [1.165, 1.54) is 0 Å². The molecule has 124 valence electrons. The van der Waals surface area contributed by atoms with Gasteiger partial charge in [0.05, 0.1) is 0 Å². The molecule has 0 spiro atoms. The normalized spacial score (nSPS) is 13.9. The van der Waals surface area contributed by atoms with E-state index in [1.54, 1.807) is 24.3 Å². The van der Waals surface area contributed by atoms with Gasteiger partial charge in [-0.1, -0.05) is 24.3 Å². The van der Waals surface area contributed by atoms with Crippen LogP contribution >= 0.6 is 0 Å². The highest BCUT2D eigenvalue weighted by atomic mass is 16.2. The lowest BCUT2D eigenvalue weighted by atomic mass is 10.0. The van der Waals surface area contributed by atoms with Crippen molar-refractivity contribution < 1.29 is 9.59 Å². The molecule has 5 heteroatoms. The number of carbonyl (C=O) groups is 2. The molecule has 1 aliphatic rings. The second-order valence-corrected chi connectivity index (χ2v) is 6.08. The molecule has 5 nitrogen and oxygen atoms in total. The molecule has 1 saturated heterocycles. The predicted octanol–water partition coefficient (Wildman–Crippen LogP) is 2.20. The van der Waals surface area contributed by atoms with Gasteiger partial charge >= 0.3 is 0 Å². The first kappa shape index (κ1) is 16.2. The van der Waals surface area contributed by atoms with Gasteiger partial charge in [0.1, 0.15) is 0 Å². The number of amides is 2. The van der Waals surface area contributed by atoms with Gasteiger partial charge in [0.25, 0.3) is 11.8 Å². The first-order valence-electron chi connectivity index (χ1n) is 8.09. The zero-order chi connectivity index (χ0) is 16.9.